The van der Waals surface area contributed by atoms with Crippen molar-refractivity contribution in [2.45, 2.75) is 237 Å². The fourth-order valence-corrected chi connectivity index (χ4v) is 7.69. The summed E-state index contributed by atoms with van der Waals surface area (Å²) in [5, 5.41) is 31.4. The normalized spacial score (nSPS) is 19.1. The van der Waals surface area contributed by atoms with Crippen LogP contribution in [0.2, 0.25) is 0 Å². The van der Waals surface area contributed by atoms with Gasteiger partial charge in [0.1, 0.15) is 18.8 Å². The molecule has 1 saturated heterocycles. The van der Waals surface area contributed by atoms with Crippen molar-refractivity contribution in [3.05, 3.63) is 122 Å². The van der Waals surface area contributed by atoms with Crippen molar-refractivity contribution >= 4 is 23.9 Å². The first-order valence-electron chi connectivity index (χ1n) is 28.5. The standard InChI is InChI=1S/C63H98O12/c1-4-7-10-13-16-19-22-25-27-28-30-33-36-39-42-45-48-51-57(66)74-61-59(68)58(67)60(62(69)70)75-63(61)72-53-54(73-56(65)50-47-44-41-38-35-31-24-21-18-15-12-9-6-3)52-71-55(64)49-46-43-40-37-34-32-29-26-23-20-17-14-11-8-5-2/h7-8,10-12,15-17,19-21,24-27,29-30,33,39,42,54,58-61,63,67-68H,4-6,9,13-14,18,22-23,28,31-32,34-38,40-41,43-53H2,1-3H3,(H,69,70)/b10-7-,11-8-,15-12-,19-16-,20-17-,24-21-,27-25-,29-26-,33-30-,42-39-. The average molecular weight is 1050 g/mol. The molecule has 3 N–H and O–H groups in total. The Morgan fingerprint density at radius 2 is 0.853 bits per heavy atom. The summed E-state index contributed by atoms with van der Waals surface area (Å²) >= 11 is 0. The van der Waals surface area contributed by atoms with Crippen molar-refractivity contribution in [1.82, 2.24) is 0 Å². The highest BCUT2D eigenvalue weighted by Gasteiger charge is 2.50. The zero-order valence-electron chi connectivity index (χ0n) is 46.2. The molecule has 0 aromatic rings. The van der Waals surface area contributed by atoms with E-state index in [4.69, 9.17) is 23.7 Å². The maximum Gasteiger partial charge on any atom is 0.335 e. The summed E-state index contributed by atoms with van der Waals surface area (Å²) in [7, 11) is 0. The van der Waals surface area contributed by atoms with Crippen LogP contribution in [0.15, 0.2) is 122 Å². The highest BCUT2D eigenvalue weighted by Crippen LogP contribution is 2.26. The molecule has 0 bridgehead atoms. The van der Waals surface area contributed by atoms with Crippen molar-refractivity contribution in [3.8, 4) is 0 Å². The quantitative estimate of drug-likeness (QED) is 0.0228. The zero-order valence-corrected chi connectivity index (χ0v) is 46.2. The smallest absolute Gasteiger partial charge is 0.335 e. The first-order chi connectivity index (χ1) is 36.6. The highest BCUT2D eigenvalue weighted by molar-refractivity contribution is 5.74. The van der Waals surface area contributed by atoms with Crippen molar-refractivity contribution < 1.29 is 58.2 Å². The summed E-state index contributed by atoms with van der Waals surface area (Å²) < 4.78 is 28.3. The van der Waals surface area contributed by atoms with E-state index in [2.05, 4.69) is 130 Å². The summed E-state index contributed by atoms with van der Waals surface area (Å²) in [5.74, 6) is -3.26. The second kappa shape index (κ2) is 50.0. The Morgan fingerprint density at radius 3 is 1.32 bits per heavy atom. The number of carboxylic acids is 1. The minimum atomic E-state index is -1.93. The van der Waals surface area contributed by atoms with Gasteiger partial charge in [-0.3, -0.25) is 14.4 Å². The molecule has 1 rings (SSSR count). The number of aliphatic carboxylic acids is 1. The lowest BCUT2D eigenvalue weighted by Crippen LogP contribution is -2.61. The molecule has 0 aromatic heterocycles. The van der Waals surface area contributed by atoms with Crippen molar-refractivity contribution in [2.75, 3.05) is 13.2 Å². The van der Waals surface area contributed by atoms with E-state index >= 15 is 0 Å². The molecule has 12 heteroatoms. The van der Waals surface area contributed by atoms with Gasteiger partial charge in [-0.15, -0.1) is 0 Å². The van der Waals surface area contributed by atoms with Crippen LogP contribution >= 0.6 is 0 Å². The SMILES string of the molecule is CC/C=C\C/C=C\C/C=C\C/C=C\C/C=C\CCCC(=O)OC1C(OCC(COC(=O)CCCCCCC/C=C\C/C=C\C/C=C\CC)OC(=O)CCCCCCC/C=C\C/C=C\CCC)OC(C(=O)O)C(O)C1O. The van der Waals surface area contributed by atoms with E-state index in [-0.39, 0.29) is 25.9 Å². The van der Waals surface area contributed by atoms with Gasteiger partial charge in [0.05, 0.1) is 6.61 Å². The molecule has 422 valence electrons. The zero-order chi connectivity index (χ0) is 54.7. The van der Waals surface area contributed by atoms with Crippen LogP contribution in [-0.4, -0.2) is 89.2 Å². The fourth-order valence-electron chi connectivity index (χ4n) is 7.69. The maximum atomic E-state index is 13.1. The van der Waals surface area contributed by atoms with Crippen LogP contribution in [0.5, 0.6) is 0 Å². The molecule has 1 heterocycles. The number of carboxylic acid groups (broad SMARTS) is 1. The maximum absolute atomic E-state index is 13.1. The van der Waals surface area contributed by atoms with Crippen LogP contribution in [0.4, 0.5) is 0 Å². The van der Waals surface area contributed by atoms with E-state index in [1.54, 1.807) is 0 Å². The Morgan fingerprint density at radius 1 is 0.453 bits per heavy atom. The number of rotatable bonds is 46. The lowest BCUT2D eigenvalue weighted by atomic mass is 9.98. The van der Waals surface area contributed by atoms with Gasteiger partial charge in [0.15, 0.2) is 24.6 Å². The monoisotopic (exact) mass is 1050 g/mol. The van der Waals surface area contributed by atoms with Gasteiger partial charge in [0.25, 0.3) is 0 Å². The van der Waals surface area contributed by atoms with E-state index in [0.29, 0.717) is 25.7 Å². The van der Waals surface area contributed by atoms with Crippen LogP contribution in [0.1, 0.15) is 201 Å². The molecule has 0 aromatic carbocycles. The Labute approximate surface area is 452 Å². The second-order valence-electron chi connectivity index (χ2n) is 18.8. The number of ether oxygens (including phenoxy) is 5. The predicted molar refractivity (Wildman–Crippen MR) is 303 cm³/mol. The number of aliphatic hydroxyl groups is 2. The molecule has 0 radical (unpaired) electrons. The van der Waals surface area contributed by atoms with E-state index in [9.17, 15) is 34.5 Å². The topological polar surface area (TPSA) is 175 Å². The predicted octanol–water partition coefficient (Wildman–Crippen LogP) is 14.4. The minimum Gasteiger partial charge on any atom is -0.479 e. The Hall–Kier alpha value is -4.88. The van der Waals surface area contributed by atoms with Crippen LogP contribution in [0.25, 0.3) is 0 Å². The molecular formula is C63H98O12. The minimum absolute atomic E-state index is 0.0277. The molecule has 6 atom stereocenters. The lowest BCUT2D eigenvalue weighted by Gasteiger charge is -2.40. The van der Waals surface area contributed by atoms with Crippen LogP contribution in [0.3, 0.4) is 0 Å². The molecule has 1 fully saturated rings. The van der Waals surface area contributed by atoms with Gasteiger partial charge in [0.2, 0.25) is 0 Å². The molecule has 0 aliphatic carbocycles. The number of aliphatic hydroxyl groups excluding tert-OH is 2. The summed E-state index contributed by atoms with van der Waals surface area (Å²) in [5.41, 5.74) is 0. The molecule has 1 aliphatic rings. The van der Waals surface area contributed by atoms with Gasteiger partial charge in [-0.1, -0.05) is 187 Å². The van der Waals surface area contributed by atoms with Crippen LogP contribution in [-0.2, 0) is 42.9 Å². The molecule has 75 heavy (non-hydrogen) atoms. The fraction of sp³-hybridized carbons (Fsp3) is 0.619. The lowest BCUT2D eigenvalue weighted by molar-refractivity contribution is -0.301. The highest BCUT2D eigenvalue weighted by atomic mass is 16.7. The van der Waals surface area contributed by atoms with Crippen molar-refractivity contribution in [2.24, 2.45) is 0 Å². The van der Waals surface area contributed by atoms with Gasteiger partial charge >= 0.3 is 23.9 Å². The van der Waals surface area contributed by atoms with Gasteiger partial charge in [-0.2, -0.15) is 0 Å². The molecule has 1 aliphatic heterocycles. The Kier molecular flexibility index (Phi) is 45.4. The van der Waals surface area contributed by atoms with E-state index in [1.165, 1.54) is 0 Å². The Bertz CT molecular complexity index is 1770. The third kappa shape index (κ3) is 40.1. The molecule has 12 nitrogen and oxygen atoms in total. The molecule has 0 spiro atoms. The second-order valence-corrected chi connectivity index (χ2v) is 18.8. The third-order valence-electron chi connectivity index (χ3n) is 12.0. The van der Waals surface area contributed by atoms with Gasteiger partial charge in [-0.25, -0.2) is 4.79 Å². The summed E-state index contributed by atoms with van der Waals surface area (Å²) in [6, 6.07) is 0. The number of esters is 3. The number of unbranched alkanes of at least 4 members (excludes halogenated alkanes) is 12. The Balaban J connectivity index is 2.76. The van der Waals surface area contributed by atoms with Gasteiger partial charge in [0, 0.05) is 19.3 Å². The largest absolute Gasteiger partial charge is 0.479 e. The average Bonchev–Trinajstić information content (AvgIpc) is 3.39. The first kappa shape index (κ1) is 68.1. The number of carbonyl (C=O) groups is 4. The summed E-state index contributed by atoms with van der Waals surface area (Å²) in [4.78, 5) is 51.0. The van der Waals surface area contributed by atoms with Crippen molar-refractivity contribution in [3.63, 3.8) is 0 Å². The number of allylic oxidation sites excluding steroid dienone is 20. The molecule has 6 unspecified atom stereocenters. The first-order valence-corrected chi connectivity index (χ1v) is 28.5. The van der Waals surface area contributed by atoms with Gasteiger partial charge < -0.3 is 39.0 Å². The van der Waals surface area contributed by atoms with E-state index in [0.717, 1.165) is 135 Å². The van der Waals surface area contributed by atoms with Gasteiger partial charge in [-0.05, 0) is 116 Å². The van der Waals surface area contributed by atoms with E-state index in [1.807, 2.05) is 12.2 Å². The van der Waals surface area contributed by atoms with Crippen LogP contribution < -0.4 is 0 Å². The van der Waals surface area contributed by atoms with E-state index < -0.39 is 67.3 Å². The van der Waals surface area contributed by atoms with Crippen LogP contribution in [0, 0.1) is 0 Å². The number of carbonyl (C=O) groups excluding carboxylic acids is 3. The third-order valence-corrected chi connectivity index (χ3v) is 12.0. The summed E-state index contributed by atoms with van der Waals surface area (Å²) in [6.45, 7) is 5.63. The molecule has 0 saturated carbocycles. The van der Waals surface area contributed by atoms with Crippen molar-refractivity contribution in [1.29, 1.82) is 0 Å². The molecular weight excluding hydrogens is 949 g/mol. The number of hydrogen-bond donors (Lipinski definition) is 3. The molecule has 0 amide bonds. The number of hydrogen-bond acceptors (Lipinski definition) is 11. The summed E-state index contributed by atoms with van der Waals surface area (Å²) in [6.07, 6.45) is 56.0.